The number of benzene rings is 2. The minimum Gasteiger partial charge on any atom is -0.484 e. The zero-order chi connectivity index (χ0) is 18.0. The fourth-order valence-corrected chi connectivity index (χ4v) is 2.72. The fourth-order valence-electron chi connectivity index (χ4n) is 2.09. The molecule has 0 aliphatic heterocycles. The Hall–Kier alpha value is -2.74. The molecule has 1 aromatic heterocycles. The summed E-state index contributed by atoms with van der Waals surface area (Å²) in [5.41, 5.74) is 1.05. The van der Waals surface area contributed by atoms with Gasteiger partial charge in [0.2, 0.25) is 5.82 Å². The van der Waals surface area contributed by atoms with Crippen LogP contribution in [0, 0.1) is 12.7 Å². The first kappa shape index (κ1) is 17.1. The smallest absolute Gasteiger partial charge is 0.264 e. The van der Waals surface area contributed by atoms with Crippen LogP contribution in [-0.4, -0.2) is 24.8 Å². The van der Waals surface area contributed by atoms with Gasteiger partial charge in [0.25, 0.3) is 5.89 Å². The lowest BCUT2D eigenvalue weighted by Gasteiger charge is -2.04. The predicted octanol–water partition coefficient (Wildman–Crippen LogP) is 3.17. The van der Waals surface area contributed by atoms with Crippen LogP contribution in [0.2, 0.25) is 0 Å². The van der Waals surface area contributed by atoms with Gasteiger partial charge in [0.15, 0.2) is 16.4 Å². The van der Waals surface area contributed by atoms with Crippen LogP contribution >= 0.6 is 0 Å². The Kier molecular flexibility index (Phi) is 4.54. The van der Waals surface area contributed by atoms with Gasteiger partial charge in [-0.25, -0.2) is 12.8 Å². The summed E-state index contributed by atoms with van der Waals surface area (Å²) in [6.45, 7) is 1.68. The van der Waals surface area contributed by atoms with Gasteiger partial charge in [-0.15, -0.1) is 0 Å². The highest BCUT2D eigenvalue weighted by Crippen LogP contribution is 2.20. The second kappa shape index (κ2) is 6.64. The molecule has 0 fully saturated rings. The molecule has 6 nitrogen and oxygen atoms in total. The maximum atomic E-state index is 13.6. The summed E-state index contributed by atoms with van der Waals surface area (Å²) in [4.78, 5) is 4.37. The summed E-state index contributed by atoms with van der Waals surface area (Å²) in [6.07, 6.45) is 1.14. The summed E-state index contributed by atoms with van der Waals surface area (Å²) in [6, 6.07) is 10.7. The van der Waals surface area contributed by atoms with Crippen LogP contribution in [0.1, 0.15) is 11.5 Å². The van der Waals surface area contributed by atoms with E-state index in [1.165, 1.54) is 18.2 Å². The molecular formula is C17H15FN2O4S. The van der Waals surface area contributed by atoms with Crippen molar-refractivity contribution in [2.75, 3.05) is 6.26 Å². The quantitative estimate of drug-likeness (QED) is 0.693. The van der Waals surface area contributed by atoms with Gasteiger partial charge in [0.1, 0.15) is 11.6 Å². The standard InChI is InChI=1S/C17H15FN2O4S/c1-11-3-4-12(9-15(11)18)17-19-16(24-20-17)10-23-13-5-7-14(8-6-13)25(2,21)22/h3-9H,10H2,1-2H3. The predicted molar refractivity (Wildman–Crippen MR) is 88.3 cm³/mol. The molecule has 0 N–H and O–H groups in total. The van der Waals surface area contributed by atoms with E-state index in [1.807, 2.05) is 0 Å². The SMILES string of the molecule is Cc1ccc(-c2noc(COc3ccc(S(C)(=O)=O)cc3)n2)cc1F. The Bertz CT molecular complexity index is 998. The van der Waals surface area contributed by atoms with Crippen LogP contribution in [0.15, 0.2) is 51.9 Å². The number of rotatable bonds is 5. The van der Waals surface area contributed by atoms with Crippen LogP contribution in [0.5, 0.6) is 5.75 Å². The van der Waals surface area contributed by atoms with Crippen molar-refractivity contribution < 1.29 is 22.1 Å². The maximum Gasteiger partial charge on any atom is 0.264 e. The van der Waals surface area contributed by atoms with Crippen molar-refractivity contribution in [3.8, 4) is 17.1 Å². The maximum absolute atomic E-state index is 13.6. The molecule has 0 saturated heterocycles. The third kappa shape index (κ3) is 4.03. The average Bonchev–Trinajstić information content (AvgIpc) is 3.04. The minimum absolute atomic E-state index is 0.0135. The normalized spacial score (nSPS) is 11.5. The number of ether oxygens (including phenoxy) is 1. The molecule has 0 bridgehead atoms. The van der Waals surface area contributed by atoms with Crippen molar-refractivity contribution in [3.63, 3.8) is 0 Å². The Morgan fingerprint density at radius 2 is 1.88 bits per heavy atom. The highest BCUT2D eigenvalue weighted by Gasteiger charge is 2.11. The van der Waals surface area contributed by atoms with Crippen molar-refractivity contribution in [3.05, 3.63) is 59.7 Å². The summed E-state index contributed by atoms with van der Waals surface area (Å²) < 4.78 is 47.0. The number of hydrogen-bond donors (Lipinski definition) is 0. The van der Waals surface area contributed by atoms with E-state index in [1.54, 1.807) is 31.2 Å². The van der Waals surface area contributed by atoms with Gasteiger partial charge in [-0.2, -0.15) is 4.98 Å². The molecule has 0 atom stereocenters. The van der Waals surface area contributed by atoms with E-state index in [0.717, 1.165) is 6.26 Å². The molecule has 0 spiro atoms. The van der Waals surface area contributed by atoms with Crippen molar-refractivity contribution in [1.82, 2.24) is 10.1 Å². The van der Waals surface area contributed by atoms with Crippen LogP contribution in [-0.2, 0) is 16.4 Å². The molecule has 3 aromatic rings. The van der Waals surface area contributed by atoms with Crippen LogP contribution in [0.3, 0.4) is 0 Å². The molecule has 2 aromatic carbocycles. The van der Waals surface area contributed by atoms with E-state index in [9.17, 15) is 12.8 Å². The summed E-state index contributed by atoms with van der Waals surface area (Å²) in [5, 5.41) is 3.80. The number of aromatic nitrogens is 2. The number of aryl methyl sites for hydroxylation is 1. The topological polar surface area (TPSA) is 82.3 Å². The van der Waals surface area contributed by atoms with Crippen molar-refractivity contribution in [2.45, 2.75) is 18.4 Å². The van der Waals surface area contributed by atoms with Crippen LogP contribution in [0.25, 0.3) is 11.4 Å². The Labute approximate surface area is 144 Å². The number of hydrogen-bond acceptors (Lipinski definition) is 6. The van der Waals surface area contributed by atoms with Gasteiger partial charge >= 0.3 is 0 Å². The van der Waals surface area contributed by atoms with Crippen molar-refractivity contribution >= 4 is 9.84 Å². The lowest BCUT2D eigenvalue weighted by atomic mass is 10.1. The summed E-state index contributed by atoms with van der Waals surface area (Å²) in [5.74, 6) is 0.618. The van der Waals surface area contributed by atoms with Gasteiger partial charge in [-0.1, -0.05) is 17.3 Å². The van der Waals surface area contributed by atoms with E-state index >= 15 is 0 Å². The molecule has 25 heavy (non-hydrogen) atoms. The van der Waals surface area contributed by atoms with E-state index in [4.69, 9.17) is 9.26 Å². The minimum atomic E-state index is -3.25. The highest BCUT2D eigenvalue weighted by molar-refractivity contribution is 7.90. The number of nitrogens with zero attached hydrogens (tertiary/aromatic N) is 2. The largest absolute Gasteiger partial charge is 0.484 e. The molecule has 3 rings (SSSR count). The molecule has 0 unspecified atom stereocenters. The summed E-state index contributed by atoms with van der Waals surface area (Å²) in [7, 11) is -3.25. The first-order chi connectivity index (χ1) is 11.8. The first-order valence-corrected chi connectivity index (χ1v) is 9.24. The highest BCUT2D eigenvalue weighted by atomic mass is 32.2. The van der Waals surface area contributed by atoms with E-state index in [-0.39, 0.29) is 29.0 Å². The van der Waals surface area contributed by atoms with Crippen LogP contribution in [0.4, 0.5) is 4.39 Å². The molecule has 0 amide bonds. The molecule has 0 saturated carbocycles. The monoisotopic (exact) mass is 362 g/mol. The second-order valence-electron chi connectivity index (χ2n) is 5.51. The van der Waals surface area contributed by atoms with Gasteiger partial charge in [-0.3, -0.25) is 0 Å². The second-order valence-corrected chi connectivity index (χ2v) is 7.52. The van der Waals surface area contributed by atoms with Gasteiger partial charge < -0.3 is 9.26 Å². The Morgan fingerprint density at radius 3 is 2.52 bits per heavy atom. The molecule has 130 valence electrons. The molecule has 8 heteroatoms. The first-order valence-electron chi connectivity index (χ1n) is 7.35. The summed E-state index contributed by atoms with van der Waals surface area (Å²) >= 11 is 0. The third-order valence-electron chi connectivity index (χ3n) is 3.51. The Balaban J connectivity index is 1.68. The molecule has 0 aliphatic rings. The van der Waals surface area contributed by atoms with E-state index < -0.39 is 9.84 Å². The van der Waals surface area contributed by atoms with Crippen LogP contribution < -0.4 is 4.74 Å². The third-order valence-corrected chi connectivity index (χ3v) is 4.64. The van der Waals surface area contributed by atoms with Gasteiger partial charge in [0, 0.05) is 11.8 Å². The average molecular weight is 362 g/mol. The van der Waals surface area contributed by atoms with Gasteiger partial charge in [0.05, 0.1) is 4.90 Å². The fraction of sp³-hybridized carbons (Fsp3) is 0.176. The van der Waals surface area contributed by atoms with Gasteiger partial charge in [-0.05, 0) is 42.8 Å². The lowest BCUT2D eigenvalue weighted by molar-refractivity contribution is 0.243. The lowest BCUT2D eigenvalue weighted by Crippen LogP contribution is -1.98. The van der Waals surface area contributed by atoms with Crippen molar-refractivity contribution in [2.24, 2.45) is 0 Å². The van der Waals surface area contributed by atoms with E-state index in [0.29, 0.717) is 16.9 Å². The zero-order valence-electron chi connectivity index (χ0n) is 13.6. The molecular weight excluding hydrogens is 347 g/mol. The Morgan fingerprint density at radius 1 is 1.16 bits per heavy atom. The molecule has 0 radical (unpaired) electrons. The number of sulfone groups is 1. The number of halogens is 1. The molecule has 1 heterocycles. The van der Waals surface area contributed by atoms with Crippen molar-refractivity contribution in [1.29, 1.82) is 0 Å². The molecule has 0 aliphatic carbocycles. The van der Waals surface area contributed by atoms with E-state index in [2.05, 4.69) is 10.1 Å². The zero-order valence-corrected chi connectivity index (χ0v) is 14.4.